The van der Waals surface area contributed by atoms with Gasteiger partial charge in [0.05, 0.1) is 5.69 Å². The Morgan fingerprint density at radius 2 is 1.64 bits per heavy atom. The van der Waals surface area contributed by atoms with Crippen LogP contribution in [0.1, 0.15) is 23.7 Å². The fourth-order valence-electron chi connectivity index (χ4n) is 3.66. The summed E-state index contributed by atoms with van der Waals surface area (Å²) in [6.45, 7) is 4.36. The van der Waals surface area contributed by atoms with Crippen molar-refractivity contribution in [3.05, 3.63) is 59.9 Å². The topological polar surface area (TPSA) is 52.7 Å². The highest BCUT2D eigenvalue weighted by atomic mass is 19.1. The molecule has 5 nitrogen and oxygen atoms in total. The predicted octanol–water partition coefficient (Wildman–Crippen LogP) is 3.38. The van der Waals surface area contributed by atoms with Crippen LogP contribution in [0.5, 0.6) is 0 Å². The van der Waals surface area contributed by atoms with Crippen LogP contribution in [-0.4, -0.2) is 42.9 Å². The molecule has 0 radical (unpaired) electrons. The molecular weight excluding hydrogens is 357 g/mol. The highest BCUT2D eigenvalue weighted by molar-refractivity contribution is 5.97. The number of hydrogen-bond acceptors (Lipinski definition) is 3. The Kier molecular flexibility index (Phi) is 5.03. The van der Waals surface area contributed by atoms with E-state index < -0.39 is 0 Å². The summed E-state index contributed by atoms with van der Waals surface area (Å²) in [4.78, 5) is 28.5. The van der Waals surface area contributed by atoms with Gasteiger partial charge < -0.3 is 15.1 Å². The standard InChI is InChI=1S/C22H24FN3O2/c1-15-14-18(15)21(27)24-17-8-6-16(7-9-17)22(28)26-12-10-25(11-13-26)20-5-3-2-4-19(20)23/h2-9,15,18H,10-14H2,1H3,(H,24,27)/t15-,18+/m1/s1. The first kappa shape index (κ1) is 18.5. The first-order valence-electron chi connectivity index (χ1n) is 9.72. The molecule has 1 saturated carbocycles. The number of hydrogen-bond donors (Lipinski definition) is 1. The van der Waals surface area contributed by atoms with E-state index in [4.69, 9.17) is 0 Å². The van der Waals surface area contributed by atoms with Crippen LogP contribution in [0, 0.1) is 17.7 Å². The van der Waals surface area contributed by atoms with E-state index in [0.29, 0.717) is 49.0 Å². The normalized spacial score (nSPS) is 21.4. The lowest BCUT2D eigenvalue weighted by Gasteiger charge is -2.36. The maximum absolute atomic E-state index is 13.9. The minimum absolute atomic E-state index is 0.0399. The van der Waals surface area contributed by atoms with Gasteiger partial charge in [0.1, 0.15) is 5.82 Å². The van der Waals surface area contributed by atoms with Crippen molar-refractivity contribution in [2.45, 2.75) is 13.3 Å². The number of benzene rings is 2. The number of carbonyl (C=O) groups is 2. The first-order chi connectivity index (χ1) is 13.5. The molecule has 6 heteroatoms. The Labute approximate surface area is 164 Å². The Bertz CT molecular complexity index is 876. The molecule has 0 bridgehead atoms. The number of nitrogens with one attached hydrogen (secondary N) is 1. The van der Waals surface area contributed by atoms with Crippen LogP contribution in [0.4, 0.5) is 15.8 Å². The molecule has 2 aromatic rings. The van der Waals surface area contributed by atoms with Gasteiger partial charge in [-0.15, -0.1) is 0 Å². The molecule has 1 heterocycles. The average Bonchev–Trinajstić information content (AvgIpc) is 3.45. The molecule has 1 N–H and O–H groups in total. The van der Waals surface area contributed by atoms with E-state index in [-0.39, 0.29) is 23.5 Å². The average molecular weight is 381 g/mol. The van der Waals surface area contributed by atoms with Gasteiger partial charge in [-0.2, -0.15) is 0 Å². The smallest absolute Gasteiger partial charge is 0.253 e. The van der Waals surface area contributed by atoms with E-state index in [1.54, 1.807) is 41.3 Å². The molecule has 2 aromatic carbocycles. The number of piperazine rings is 1. The van der Waals surface area contributed by atoms with Crippen LogP contribution >= 0.6 is 0 Å². The Morgan fingerprint density at radius 3 is 2.25 bits per heavy atom. The maximum Gasteiger partial charge on any atom is 0.253 e. The summed E-state index contributed by atoms with van der Waals surface area (Å²) in [5, 5.41) is 2.90. The van der Waals surface area contributed by atoms with Crippen LogP contribution < -0.4 is 10.2 Å². The molecule has 0 spiro atoms. The fraction of sp³-hybridized carbons (Fsp3) is 0.364. The monoisotopic (exact) mass is 381 g/mol. The highest BCUT2D eigenvalue weighted by Crippen LogP contribution is 2.38. The van der Waals surface area contributed by atoms with Gasteiger partial charge in [0.2, 0.25) is 5.91 Å². The van der Waals surface area contributed by atoms with Gasteiger partial charge in [-0.3, -0.25) is 9.59 Å². The van der Waals surface area contributed by atoms with Crippen molar-refractivity contribution in [3.63, 3.8) is 0 Å². The van der Waals surface area contributed by atoms with E-state index in [1.165, 1.54) is 6.07 Å². The fourth-order valence-corrected chi connectivity index (χ4v) is 3.66. The summed E-state index contributed by atoms with van der Waals surface area (Å²) in [5.41, 5.74) is 1.89. The molecule has 1 saturated heterocycles. The number of amides is 2. The zero-order chi connectivity index (χ0) is 19.7. The molecule has 0 aromatic heterocycles. The molecular formula is C22H24FN3O2. The molecule has 146 valence electrons. The molecule has 4 rings (SSSR count). The SMILES string of the molecule is C[C@@H]1C[C@@H]1C(=O)Nc1ccc(C(=O)N2CCN(c3ccccc3F)CC2)cc1. The van der Waals surface area contributed by atoms with Crippen molar-refractivity contribution in [2.75, 3.05) is 36.4 Å². The highest BCUT2D eigenvalue weighted by Gasteiger charge is 2.39. The maximum atomic E-state index is 13.9. The van der Waals surface area contributed by atoms with E-state index >= 15 is 0 Å². The van der Waals surface area contributed by atoms with Crippen LogP contribution in [0.25, 0.3) is 0 Å². The molecule has 2 aliphatic rings. The lowest BCUT2D eigenvalue weighted by Crippen LogP contribution is -2.49. The summed E-state index contributed by atoms with van der Waals surface area (Å²) in [6, 6.07) is 13.8. The summed E-state index contributed by atoms with van der Waals surface area (Å²) < 4.78 is 13.9. The van der Waals surface area contributed by atoms with Crippen molar-refractivity contribution in [3.8, 4) is 0 Å². The van der Waals surface area contributed by atoms with Crippen molar-refractivity contribution >= 4 is 23.2 Å². The summed E-state index contributed by atoms with van der Waals surface area (Å²) >= 11 is 0. The second kappa shape index (κ2) is 7.62. The van der Waals surface area contributed by atoms with Gasteiger partial charge in [-0.1, -0.05) is 19.1 Å². The molecule has 2 atom stereocenters. The number of anilines is 2. The first-order valence-corrected chi connectivity index (χ1v) is 9.72. The van der Waals surface area contributed by atoms with Crippen LogP contribution in [0.3, 0.4) is 0 Å². The third-order valence-corrected chi connectivity index (χ3v) is 5.61. The zero-order valence-electron chi connectivity index (χ0n) is 15.9. The second-order valence-electron chi connectivity index (χ2n) is 7.62. The summed E-state index contributed by atoms with van der Waals surface area (Å²) in [6.07, 6.45) is 0.946. The molecule has 2 fully saturated rings. The Morgan fingerprint density at radius 1 is 1.00 bits per heavy atom. The van der Waals surface area contributed by atoms with Crippen molar-refractivity contribution in [1.82, 2.24) is 4.90 Å². The van der Waals surface area contributed by atoms with Gasteiger partial charge in [0.25, 0.3) is 5.91 Å². The van der Waals surface area contributed by atoms with Gasteiger partial charge in [-0.05, 0) is 48.7 Å². The number of rotatable bonds is 4. The van der Waals surface area contributed by atoms with Crippen molar-refractivity contribution in [2.24, 2.45) is 11.8 Å². The summed E-state index contributed by atoms with van der Waals surface area (Å²) in [5.74, 6) is 0.356. The molecule has 28 heavy (non-hydrogen) atoms. The third-order valence-electron chi connectivity index (χ3n) is 5.61. The molecule has 0 unspecified atom stereocenters. The molecule has 1 aliphatic carbocycles. The number of halogens is 1. The third kappa shape index (κ3) is 3.86. The van der Waals surface area contributed by atoms with E-state index in [2.05, 4.69) is 12.2 Å². The summed E-state index contributed by atoms with van der Waals surface area (Å²) in [7, 11) is 0. The van der Waals surface area contributed by atoms with Crippen molar-refractivity contribution < 1.29 is 14.0 Å². The number of carbonyl (C=O) groups excluding carboxylic acids is 2. The predicted molar refractivity (Wildman–Crippen MR) is 107 cm³/mol. The number of para-hydroxylation sites is 1. The van der Waals surface area contributed by atoms with E-state index in [1.807, 2.05) is 11.0 Å². The van der Waals surface area contributed by atoms with Crippen LogP contribution in [0.15, 0.2) is 48.5 Å². The molecule has 1 aliphatic heterocycles. The quantitative estimate of drug-likeness (QED) is 0.883. The Hall–Kier alpha value is -2.89. The lowest BCUT2D eigenvalue weighted by atomic mass is 10.1. The minimum Gasteiger partial charge on any atom is -0.366 e. The van der Waals surface area contributed by atoms with Crippen molar-refractivity contribution in [1.29, 1.82) is 0 Å². The molecule has 2 amide bonds. The van der Waals surface area contributed by atoms with Crippen LogP contribution in [0.2, 0.25) is 0 Å². The van der Waals surface area contributed by atoms with Gasteiger partial charge in [0, 0.05) is 43.3 Å². The van der Waals surface area contributed by atoms with E-state index in [9.17, 15) is 14.0 Å². The van der Waals surface area contributed by atoms with Gasteiger partial charge in [0.15, 0.2) is 0 Å². The lowest BCUT2D eigenvalue weighted by molar-refractivity contribution is -0.117. The Balaban J connectivity index is 1.33. The van der Waals surface area contributed by atoms with Gasteiger partial charge >= 0.3 is 0 Å². The second-order valence-corrected chi connectivity index (χ2v) is 7.62. The van der Waals surface area contributed by atoms with Crippen LogP contribution in [-0.2, 0) is 4.79 Å². The largest absolute Gasteiger partial charge is 0.366 e. The van der Waals surface area contributed by atoms with Gasteiger partial charge in [-0.25, -0.2) is 4.39 Å². The minimum atomic E-state index is -0.236. The zero-order valence-corrected chi connectivity index (χ0v) is 15.9. The number of nitrogens with zero attached hydrogens (tertiary/aromatic N) is 2. The van der Waals surface area contributed by atoms with E-state index in [0.717, 1.165) is 6.42 Å².